The molecular weight excluding hydrogens is 390 g/mol. The maximum Gasteiger partial charge on any atom is 0.223 e. The van der Waals surface area contributed by atoms with Gasteiger partial charge in [-0.15, -0.1) is 0 Å². The summed E-state index contributed by atoms with van der Waals surface area (Å²) in [5, 5.41) is 0.606. The van der Waals surface area contributed by atoms with Crippen LogP contribution in [0.25, 0.3) is 0 Å². The number of carbonyl (C=O) groups is 1. The number of halogens is 1. The van der Waals surface area contributed by atoms with Gasteiger partial charge in [-0.25, -0.2) is 8.42 Å². The molecule has 2 saturated heterocycles. The molecule has 27 heavy (non-hydrogen) atoms. The van der Waals surface area contributed by atoms with Crippen molar-refractivity contribution in [2.45, 2.75) is 37.8 Å². The maximum atomic E-state index is 13.0. The zero-order chi connectivity index (χ0) is 19.1. The third-order valence-electron chi connectivity index (χ3n) is 5.74. The van der Waals surface area contributed by atoms with Gasteiger partial charge in [0.05, 0.1) is 31.3 Å². The number of carbonyl (C=O) groups excluding carboxylic acids is 1. The number of amides is 1. The third-order valence-corrected chi connectivity index (χ3v) is 7.81. The molecule has 0 unspecified atom stereocenters. The third kappa shape index (κ3) is 4.25. The van der Waals surface area contributed by atoms with Crippen molar-refractivity contribution in [3.8, 4) is 5.75 Å². The van der Waals surface area contributed by atoms with Crippen LogP contribution in [-0.2, 0) is 25.9 Å². The molecule has 0 aliphatic carbocycles. The van der Waals surface area contributed by atoms with E-state index in [4.69, 9.17) is 21.1 Å². The molecule has 3 aliphatic rings. The van der Waals surface area contributed by atoms with Crippen molar-refractivity contribution in [2.24, 2.45) is 5.92 Å². The Morgan fingerprint density at radius 2 is 2.07 bits per heavy atom. The highest BCUT2D eigenvalue weighted by Gasteiger charge is 2.41. The molecule has 3 heterocycles. The Bertz CT molecular complexity index is 835. The van der Waals surface area contributed by atoms with E-state index in [1.807, 2.05) is 17.0 Å². The summed E-state index contributed by atoms with van der Waals surface area (Å²) >= 11 is 6.16. The fraction of sp³-hybridized carbons (Fsp3) is 0.632. The van der Waals surface area contributed by atoms with Gasteiger partial charge in [-0.05, 0) is 30.5 Å². The molecule has 0 N–H and O–H groups in total. The highest BCUT2D eigenvalue weighted by molar-refractivity contribution is 7.91. The van der Waals surface area contributed by atoms with Crippen molar-refractivity contribution >= 4 is 27.3 Å². The van der Waals surface area contributed by atoms with Gasteiger partial charge in [-0.1, -0.05) is 11.6 Å². The molecule has 4 rings (SSSR count). The molecule has 1 amide bonds. The topological polar surface area (TPSA) is 72.9 Å². The number of benzene rings is 1. The van der Waals surface area contributed by atoms with Gasteiger partial charge in [0, 0.05) is 36.4 Å². The van der Waals surface area contributed by atoms with Crippen LogP contribution in [0.2, 0.25) is 5.02 Å². The first-order valence-corrected chi connectivity index (χ1v) is 11.6. The van der Waals surface area contributed by atoms with Crippen LogP contribution in [0.3, 0.4) is 0 Å². The molecule has 0 saturated carbocycles. The van der Waals surface area contributed by atoms with Gasteiger partial charge >= 0.3 is 0 Å². The second kappa shape index (κ2) is 7.26. The minimum Gasteiger partial charge on any atom is -0.485 e. The molecule has 1 spiro atoms. The Hall–Kier alpha value is -1.31. The molecule has 1 atom stereocenters. The average Bonchev–Trinajstić information content (AvgIpc) is 2.87. The molecule has 1 aromatic rings. The summed E-state index contributed by atoms with van der Waals surface area (Å²) in [7, 11) is -2.99. The number of ether oxygens (including phenoxy) is 2. The molecule has 0 aromatic heterocycles. The number of rotatable bonds is 2. The summed E-state index contributed by atoms with van der Waals surface area (Å²) in [6.07, 6.45) is 2.27. The van der Waals surface area contributed by atoms with Crippen LogP contribution >= 0.6 is 11.6 Å². The number of hydrogen-bond acceptors (Lipinski definition) is 5. The number of nitrogens with zero attached hydrogens (tertiary/aromatic N) is 1. The quantitative estimate of drug-likeness (QED) is 0.744. The van der Waals surface area contributed by atoms with Crippen LogP contribution in [-0.4, -0.2) is 56.1 Å². The Morgan fingerprint density at radius 3 is 2.78 bits per heavy atom. The Labute approximate surface area is 164 Å². The zero-order valence-electron chi connectivity index (χ0n) is 15.2. The van der Waals surface area contributed by atoms with Crippen molar-refractivity contribution in [1.29, 1.82) is 0 Å². The van der Waals surface area contributed by atoms with E-state index < -0.39 is 15.4 Å². The summed E-state index contributed by atoms with van der Waals surface area (Å²) < 4.78 is 35.3. The van der Waals surface area contributed by atoms with E-state index in [-0.39, 0.29) is 29.8 Å². The summed E-state index contributed by atoms with van der Waals surface area (Å²) in [6.45, 7) is 2.12. The highest BCUT2D eigenvalue weighted by Crippen LogP contribution is 2.37. The number of hydrogen-bond donors (Lipinski definition) is 0. The van der Waals surface area contributed by atoms with E-state index in [9.17, 15) is 13.2 Å². The van der Waals surface area contributed by atoms with Gasteiger partial charge in [-0.3, -0.25) is 4.79 Å². The predicted molar refractivity (Wildman–Crippen MR) is 102 cm³/mol. The lowest BCUT2D eigenvalue weighted by atomic mass is 9.93. The normalized spacial score (nSPS) is 26.3. The van der Waals surface area contributed by atoms with Crippen LogP contribution in [0.15, 0.2) is 18.2 Å². The van der Waals surface area contributed by atoms with Crippen molar-refractivity contribution in [1.82, 2.24) is 4.90 Å². The van der Waals surface area contributed by atoms with Gasteiger partial charge in [0.1, 0.15) is 11.4 Å². The monoisotopic (exact) mass is 413 g/mol. The molecule has 1 aromatic carbocycles. The van der Waals surface area contributed by atoms with Crippen LogP contribution in [0.5, 0.6) is 5.75 Å². The number of fused-ring (bicyclic) bond motifs is 1. The standard InChI is InChI=1S/C19H24ClNO5S/c20-16-1-2-17-15(10-16)11-21(13-19(26-17)4-6-25-7-5-19)18(22)9-14-3-8-27(23,24)12-14/h1-2,10,14H,3-9,11-13H2/t14-/m1/s1. The SMILES string of the molecule is O=C(C[C@H]1CCS(=O)(=O)C1)N1Cc2cc(Cl)ccc2OC2(CCOCC2)C1. The molecule has 3 aliphatic heterocycles. The lowest BCUT2D eigenvalue weighted by molar-refractivity contribution is -0.137. The smallest absolute Gasteiger partial charge is 0.223 e. The Morgan fingerprint density at radius 1 is 1.30 bits per heavy atom. The van der Waals surface area contributed by atoms with Crippen molar-refractivity contribution in [2.75, 3.05) is 31.3 Å². The summed E-state index contributed by atoms with van der Waals surface area (Å²) in [5.41, 5.74) is 0.424. The van der Waals surface area contributed by atoms with Gasteiger partial charge in [0.15, 0.2) is 9.84 Å². The lowest BCUT2D eigenvalue weighted by Crippen LogP contribution is -2.51. The van der Waals surface area contributed by atoms with Crippen LogP contribution in [0, 0.1) is 5.92 Å². The molecule has 2 fully saturated rings. The van der Waals surface area contributed by atoms with E-state index in [1.165, 1.54) is 0 Å². The Balaban J connectivity index is 1.58. The van der Waals surface area contributed by atoms with E-state index >= 15 is 0 Å². The molecular formula is C19H24ClNO5S. The molecule has 148 valence electrons. The first-order chi connectivity index (χ1) is 12.8. The predicted octanol–water partition coefficient (Wildman–Crippen LogP) is 2.44. The number of sulfone groups is 1. The first-order valence-electron chi connectivity index (χ1n) is 9.38. The maximum absolute atomic E-state index is 13.0. The molecule has 8 heteroatoms. The molecule has 0 bridgehead atoms. The molecule has 0 radical (unpaired) electrons. The van der Waals surface area contributed by atoms with Crippen molar-refractivity contribution in [3.63, 3.8) is 0 Å². The van der Waals surface area contributed by atoms with Gasteiger partial charge < -0.3 is 14.4 Å². The average molecular weight is 414 g/mol. The van der Waals surface area contributed by atoms with Gasteiger partial charge in [0.2, 0.25) is 5.91 Å². The minimum absolute atomic E-state index is 0.0145. The van der Waals surface area contributed by atoms with E-state index in [1.54, 1.807) is 6.07 Å². The van der Waals surface area contributed by atoms with Gasteiger partial charge in [-0.2, -0.15) is 0 Å². The second-order valence-corrected chi connectivity index (χ2v) is 10.5. The summed E-state index contributed by atoms with van der Waals surface area (Å²) in [5.74, 6) is 0.966. The Kier molecular flexibility index (Phi) is 5.12. The van der Waals surface area contributed by atoms with Crippen LogP contribution < -0.4 is 4.74 Å². The van der Waals surface area contributed by atoms with E-state index in [0.717, 1.165) is 24.2 Å². The summed E-state index contributed by atoms with van der Waals surface area (Å²) in [4.78, 5) is 14.9. The highest BCUT2D eigenvalue weighted by atomic mass is 35.5. The fourth-order valence-corrected chi connectivity index (χ4v) is 6.29. The van der Waals surface area contributed by atoms with E-state index in [2.05, 4.69) is 0 Å². The van der Waals surface area contributed by atoms with Crippen LogP contribution in [0.4, 0.5) is 0 Å². The fourth-order valence-electron chi connectivity index (χ4n) is 4.24. The lowest BCUT2D eigenvalue weighted by Gasteiger charge is -2.39. The second-order valence-electron chi connectivity index (χ2n) is 7.87. The minimum atomic E-state index is -2.99. The zero-order valence-corrected chi connectivity index (χ0v) is 16.7. The van der Waals surface area contributed by atoms with E-state index in [0.29, 0.717) is 37.7 Å². The van der Waals surface area contributed by atoms with Crippen molar-refractivity contribution < 1.29 is 22.7 Å². The van der Waals surface area contributed by atoms with Crippen LogP contribution in [0.1, 0.15) is 31.2 Å². The molecule has 6 nitrogen and oxygen atoms in total. The van der Waals surface area contributed by atoms with Crippen molar-refractivity contribution in [3.05, 3.63) is 28.8 Å². The summed E-state index contributed by atoms with van der Waals surface area (Å²) in [6, 6.07) is 5.51. The largest absolute Gasteiger partial charge is 0.485 e. The van der Waals surface area contributed by atoms with Gasteiger partial charge in [0.25, 0.3) is 0 Å². The first kappa shape index (κ1) is 19.0.